The third kappa shape index (κ3) is 3.89. The number of nitrogens with one attached hydrogen (secondary N) is 1. The van der Waals surface area contributed by atoms with E-state index in [4.69, 9.17) is 13.9 Å². The summed E-state index contributed by atoms with van der Waals surface area (Å²) in [5.74, 6) is 0.975. The number of ether oxygens (including phenoxy) is 2. The zero-order valence-corrected chi connectivity index (χ0v) is 18.0. The Bertz CT molecular complexity index is 1260. The molecule has 0 bridgehead atoms. The first-order valence-electron chi connectivity index (χ1n) is 9.35. The van der Waals surface area contributed by atoms with E-state index < -0.39 is 5.91 Å². The minimum absolute atomic E-state index is 0.197. The van der Waals surface area contributed by atoms with Crippen LogP contribution in [0.25, 0.3) is 21.7 Å². The number of nitrogens with zero attached hydrogens (tertiary/aromatic N) is 1. The number of amides is 1. The van der Waals surface area contributed by atoms with Crippen molar-refractivity contribution in [1.29, 1.82) is 0 Å². The van der Waals surface area contributed by atoms with Crippen molar-refractivity contribution < 1.29 is 18.7 Å². The van der Waals surface area contributed by atoms with E-state index in [1.165, 1.54) is 6.21 Å². The summed E-state index contributed by atoms with van der Waals surface area (Å²) in [6.07, 6.45) is 1.53. The number of hydrogen-bond donors (Lipinski definition) is 1. The van der Waals surface area contributed by atoms with E-state index in [1.807, 2.05) is 43.3 Å². The zero-order chi connectivity index (χ0) is 21.1. The molecule has 0 spiro atoms. The monoisotopic (exact) mass is 466 g/mol. The van der Waals surface area contributed by atoms with Crippen LogP contribution in [0.5, 0.6) is 11.5 Å². The third-order valence-electron chi connectivity index (χ3n) is 4.60. The molecule has 1 aromatic heterocycles. The molecular weight excluding hydrogens is 448 g/mol. The van der Waals surface area contributed by atoms with Gasteiger partial charge in [-0.1, -0.05) is 30.3 Å². The number of carbonyl (C=O) groups excluding carboxylic acids is 1. The number of furan rings is 1. The van der Waals surface area contributed by atoms with E-state index >= 15 is 0 Å². The topological polar surface area (TPSA) is 73.1 Å². The molecule has 0 aliphatic heterocycles. The van der Waals surface area contributed by atoms with Crippen LogP contribution in [0, 0.1) is 0 Å². The van der Waals surface area contributed by atoms with Crippen LogP contribution >= 0.6 is 15.9 Å². The Morgan fingerprint density at radius 1 is 1.13 bits per heavy atom. The average molecular weight is 467 g/mol. The van der Waals surface area contributed by atoms with Crippen LogP contribution in [0.3, 0.4) is 0 Å². The maximum absolute atomic E-state index is 12.5. The van der Waals surface area contributed by atoms with Gasteiger partial charge in [-0.05, 0) is 57.9 Å². The van der Waals surface area contributed by atoms with E-state index in [0.717, 1.165) is 26.2 Å². The third-order valence-corrected chi connectivity index (χ3v) is 5.29. The van der Waals surface area contributed by atoms with Gasteiger partial charge >= 0.3 is 5.91 Å². The Morgan fingerprint density at radius 2 is 1.97 bits per heavy atom. The fourth-order valence-electron chi connectivity index (χ4n) is 3.20. The molecule has 0 aliphatic rings. The first-order chi connectivity index (χ1) is 14.6. The number of carbonyl (C=O) groups is 1. The van der Waals surface area contributed by atoms with E-state index in [-0.39, 0.29) is 5.76 Å². The number of rotatable bonds is 6. The highest BCUT2D eigenvalue weighted by atomic mass is 79.9. The first kappa shape index (κ1) is 20.0. The SMILES string of the molecule is CCOc1cc(/C=N\NC(=O)c2cc3c(ccc4ccccc43)o2)c(Br)cc1OC. The number of halogens is 1. The molecule has 30 heavy (non-hydrogen) atoms. The molecule has 1 amide bonds. The molecule has 7 heteroatoms. The van der Waals surface area contributed by atoms with Gasteiger partial charge in [-0.25, -0.2) is 5.43 Å². The standard InChI is InChI=1S/C23H19BrN2O4/c1-3-29-21-10-15(18(24)12-20(21)28-2)13-25-26-23(27)22-11-17-16-7-5-4-6-14(16)8-9-19(17)30-22/h4-13H,3H2,1-2H3,(H,26,27)/b25-13-. The quantitative estimate of drug-likeness (QED) is 0.300. The summed E-state index contributed by atoms with van der Waals surface area (Å²) in [6.45, 7) is 2.40. The summed E-state index contributed by atoms with van der Waals surface area (Å²) in [6, 6.07) is 17.1. The van der Waals surface area contributed by atoms with Crippen LogP contribution in [0.15, 0.2) is 68.6 Å². The minimum atomic E-state index is -0.429. The van der Waals surface area contributed by atoms with Gasteiger partial charge in [0.2, 0.25) is 0 Å². The fraction of sp³-hybridized carbons (Fsp3) is 0.130. The van der Waals surface area contributed by atoms with Gasteiger partial charge in [-0.15, -0.1) is 0 Å². The van der Waals surface area contributed by atoms with Crippen LogP contribution in [-0.2, 0) is 0 Å². The van der Waals surface area contributed by atoms with Crippen LogP contribution in [0.1, 0.15) is 23.0 Å². The van der Waals surface area contributed by atoms with Gasteiger partial charge in [0, 0.05) is 15.4 Å². The molecular formula is C23H19BrN2O4. The molecule has 0 fully saturated rings. The Balaban J connectivity index is 1.55. The Kier molecular flexibility index (Phi) is 5.72. The van der Waals surface area contributed by atoms with Crippen molar-refractivity contribution in [3.63, 3.8) is 0 Å². The Morgan fingerprint density at radius 3 is 2.77 bits per heavy atom. The predicted molar refractivity (Wildman–Crippen MR) is 121 cm³/mol. The Labute approximate surface area is 181 Å². The van der Waals surface area contributed by atoms with Crippen LogP contribution in [-0.4, -0.2) is 25.8 Å². The molecule has 4 rings (SSSR count). The molecule has 3 aromatic carbocycles. The zero-order valence-electron chi connectivity index (χ0n) is 16.4. The highest BCUT2D eigenvalue weighted by molar-refractivity contribution is 9.10. The summed E-state index contributed by atoms with van der Waals surface area (Å²) in [4.78, 5) is 12.5. The van der Waals surface area contributed by atoms with Gasteiger partial charge < -0.3 is 13.9 Å². The van der Waals surface area contributed by atoms with Crippen LogP contribution in [0.4, 0.5) is 0 Å². The fourth-order valence-corrected chi connectivity index (χ4v) is 3.62. The van der Waals surface area contributed by atoms with Crippen molar-refractivity contribution in [2.24, 2.45) is 5.10 Å². The lowest BCUT2D eigenvalue weighted by Crippen LogP contribution is -2.16. The van der Waals surface area contributed by atoms with Gasteiger partial charge in [0.05, 0.1) is 19.9 Å². The second kappa shape index (κ2) is 8.59. The van der Waals surface area contributed by atoms with Crippen molar-refractivity contribution in [2.75, 3.05) is 13.7 Å². The van der Waals surface area contributed by atoms with Crippen molar-refractivity contribution in [1.82, 2.24) is 5.43 Å². The van der Waals surface area contributed by atoms with Crippen molar-refractivity contribution >= 4 is 49.8 Å². The lowest BCUT2D eigenvalue weighted by molar-refractivity contribution is 0.0929. The molecule has 0 saturated carbocycles. The van der Waals surface area contributed by atoms with E-state index in [9.17, 15) is 4.79 Å². The van der Waals surface area contributed by atoms with E-state index in [1.54, 1.807) is 25.3 Å². The van der Waals surface area contributed by atoms with Gasteiger partial charge in [0.25, 0.3) is 0 Å². The van der Waals surface area contributed by atoms with Crippen molar-refractivity contribution in [3.05, 3.63) is 70.4 Å². The highest BCUT2D eigenvalue weighted by Gasteiger charge is 2.14. The molecule has 152 valence electrons. The number of hydrogen-bond acceptors (Lipinski definition) is 5. The lowest BCUT2D eigenvalue weighted by atomic mass is 10.1. The summed E-state index contributed by atoms with van der Waals surface area (Å²) in [5, 5.41) is 7.07. The normalized spacial score (nSPS) is 11.3. The van der Waals surface area contributed by atoms with Gasteiger partial charge in [-0.2, -0.15) is 5.10 Å². The maximum atomic E-state index is 12.5. The molecule has 1 heterocycles. The van der Waals surface area contributed by atoms with Gasteiger partial charge in [0.1, 0.15) is 5.58 Å². The molecule has 0 aliphatic carbocycles. The minimum Gasteiger partial charge on any atom is -0.493 e. The Hall–Kier alpha value is -3.32. The number of fused-ring (bicyclic) bond motifs is 3. The highest BCUT2D eigenvalue weighted by Crippen LogP contribution is 2.33. The molecule has 0 radical (unpaired) electrons. The number of benzene rings is 3. The maximum Gasteiger partial charge on any atom is 0.307 e. The van der Waals surface area contributed by atoms with Gasteiger partial charge in [-0.3, -0.25) is 4.79 Å². The molecule has 1 N–H and O–H groups in total. The molecule has 4 aromatic rings. The number of methoxy groups -OCH3 is 1. The smallest absolute Gasteiger partial charge is 0.307 e. The average Bonchev–Trinajstić information content (AvgIpc) is 3.21. The summed E-state index contributed by atoms with van der Waals surface area (Å²) < 4.78 is 17.4. The van der Waals surface area contributed by atoms with Gasteiger partial charge in [0.15, 0.2) is 17.3 Å². The van der Waals surface area contributed by atoms with Crippen LogP contribution in [0.2, 0.25) is 0 Å². The second-order valence-corrected chi connectivity index (χ2v) is 7.32. The first-order valence-corrected chi connectivity index (χ1v) is 10.1. The van der Waals surface area contributed by atoms with E-state index in [0.29, 0.717) is 23.7 Å². The van der Waals surface area contributed by atoms with Crippen molar-refractivity contribution in [3.8, 4) is 11.5 Å². The summed E-state index contributed by atoms with van der Waals surface area (Å²) in [5.41, 5.74) is 3.89. The second-order valence-electron chi connectivity index (χ2n) is 6.47. The molecule has 6 nitrogen and oxygen atoms in total. The summed E-state index contributed by atoms with van der Waals surface area (Å²) >= 11 is 3.47. The molecule has 0 atom stereocenters. The molecule has 0 saturated heterocycles. The van der Waals surface area contributed by atoms with Crippen LogP contribution < -0.4 is 14.9 Å². The molecule has 0 unspecified atom stereocenters. The summed E-state index contributed by atoms with van der Waals surface area (Å²) in [7, 11) is 1.58. The lowest BCUT2D eigenvalue weighted by Gasteiger charge is -2.11. The van der Waals surface area contributed by atoms with E-state index in [2.05, 4.69) is 26.5 Å². The number of hydrazone groups is 1. The predicted octanol–water partition coefficient (Wildman–Crippen LogP) is 5.52. The largest absolute Gasteiger partial charge is 0.493 e. The van der Waals surface area contributed by atoms with Crippen molar-refractivity contribution in [2.45, 2.75) is 6.92 Å².